The Morgan fingerprint density at radius 2 is 1.77 bits per heavy atom. The number of methoxy groups -OCH3 is 1. The summed E-state index contributed by atoms with van der Waals surface area (Å²) in [5.74, 6) is -7.69. The first-order valence-corrected chi connectivity index (χ1v) is 14.6. The molecule has 2 aliphatic heterocycles. The molecule has 3 aromatic carbocycles. The van der Waals surface area contributed by atoms with E-state index in [0.29, 0.717) is 21.4 Å². The molecule has 2 aliphatic carbocycles. The number of phenols is 1. The highest BCUT2D eigenvalue weighted by Gasteiger charge is 2.68. The number of fused-ring (bicyclic) bond motifs is 5. The predicted octanol–water partition coefficient (Wildman–Crippen LogP) is 5.34. The number of phenolic OH excluding ortho intramolecular Hbond substituents is 1. The number of halogens is 2. The molecule has 3 fully saturated rings. The minimum atomic E-state index is -1.44. The Labute approximate surface area is 255 Å². The van der Waals surface area contributed by atoms with Crippen molar-refractivity contribution in [3.63, 3.8) is 0 Å². The summed E-state index contributed by atoms with van der Waals surface area (Å²) >= 11 is 6.05. The number of nitrogens with zero attached hydrogens (tertiary/aromatic N) is 2. The molecule has 5 amide bonds. The van der Waals surface area contributed by atoms with Gasteiger partial charge in [0.1, 0.15) is 11.6 Å². The standard InChI is InChI=1S/C33H26ClFN2O7/c1-33-21(29(40)36(31(33)42)16-8-11-23(35)22(34)13-16)14-20-18(9-10-19-25(20)30(41)37(28(19)39)32(43)44-2)27(33)26-17-6-4-3-5-15(17)7-12-24(26)38/h3-9,11-13,19-21,25,27,38H,10,14H2,1-2H3/t19-,20+,21-,25-,27+,33+/m0/s1. The van der Waals surface area contributed by atoms with E-state index in [0.717, 1.165) is 23.5 Å². The number of hydrogen-bond acceptors (Lipinski definition) is 7. The number of benzene rings is 3. The van der Waals surface area contributed by atoms with E-state index in [2.05, 4.69) is 0 Å². The van der Waals surface area contributed by atoms with Crippen LogP contribution < -0.4 is 4.90 Å². The van der Waals surface area contributed by atoms with Crippen molar-refractivity contribution < 1.29 is 38.2 Å². The molecule has 0 unspecified atom stereocenters. The number of likely N-dealkylation sites (tertiary alicyclic amines) is 1. The van der Waals surface area contributed by atoms with Gasteiger partial charge in [0.05, 0.1) is 41.0 Å². The van der Waals surface area contributed by atoms with Crippen LogP contribution in [-0.2, 0) is 23.9 Å². The highest BCUT2D eigenvalue weighted by Crippen LogP contribution is 2.65. The largest absolute Gasteiger partial charge is 0.508 e. The van der Waals surface area contributed by atoms with E-state index in [1.54, 1.807) is 19.1 Å². The van der Waals surface area contributed by atoms with Gasteiger partial charge < -0.3 is 9.84 Å². The van der Waals surface area contributed by atoms with Gasteiger partial charge in [-0.05, 0) is 60.7 Å². The molecule has 9 nitrogen and oxygen atoms in total. The molecule has 1 N–H and O–H groups in total. The molecule has 1 saturated carbocycles. The Morgan fingerprint density at radius 1 is 1.02 bits per heavy atom. The lowest BCUT2D eigenvalue weighted by atomic mass is 9.51. The zero-order valence-electron chi connectivity index (χ0n) is 23.6. The summed E-state index contributed by atoms with van der Waals surface area (Å²) in [6.45, 7) is 1.68. The summed E-state index contributed by atoms with van der Waals surface area (Å²) in [6.07, 6.45) is 0.901. The number of carbonyl (C=O) groups is 5. The number of ether oxygens (including phenoxy) is 1. The molecule has 44 heavy (non-hydrogen) atoms. The second-order valence-corrected chi connectivity index (χ2v) is 12.4. The number of hydrogen-bond donors (Lipinski definition) is 1. The van der Waals surface area contributed by atoms with Crippen LogP contribution in [-0.4, -0.2) is 46.8 Å². The average Bonchev–Trinajstić information content (AvgIpc) is 3.38. The summed E-state index contributed by atoms with van der Waals surface area (Å²) in [5, 5.41) is 12.6. The van der Waals surface area contributed by atoms with Crippen molar-refractivity contribution in [1.82, 2.24) is 4.90 Å². The van der Waals surface area contributed by atoms with Gasteiger partial charge in [-0.15, -0.1) is 0 Å². The number of aromatic hydroxyl groups is 1. The first-order valence-electron chi connectivity index (χ1n) is 14.2. The quantitative estimate of drug-likeness (QED) is 0.305. The number of rotatable bonds is 2. The zero-order valence-corrected chi connectivity index (χ0v) is 24.4. The lowest BCUT2D eigenvalue weighted by Gasteiger charge is -2.49. The third kappa shape index (κ3) is 3.60. The molecule has 0 bridgehead atoms. The van der Waals surface area contributed by atoms with Crippen molar-refractivity contribution >= 4 is 57.8 Å². The van der Waals surface area contributed by atoms with Crippen molar-refractivity contribution in [2.45, 2.75) is 25.7 Å². The summed E-state index contributed by atoms with van der Waals surface area (Å²) in [5.41, 5.74) is -0.277. The highest BCUT2D eigenvalue weighted by molar-refractivity contribution is 6.31. The Morgan fingerprint density at radius 3 is 2.50 bits per heavy atom. The number of carbonyl (C=O) groups excluding carboxylic acids is 5. The van der Waals surface area contributed by atoms with Gasteiger partial charge in [0.15, 0.2) is 0 Å². The maximum absolute atomic E-state index is 14.6. The molecule has 3 aromatic rings. The van der Waals surface area contributed by atoms with Gasteiger partial charge >= 0.3 is 6.09 Å². The molecular formula is C33H26ClFN2O7. The highest BCUT2D eigenvalue weighted by atomic mass is 35.5. The minimum absolute atomic E-state index is 0.0373. The summed E-state index contributed by atoms with van der Waals surface area (Å²) in [7, 11) is 1.08. The van der Waals surface area contributed by atoms with Crippen LogP contribution in [0.4, 0.5) is 14.9 Å². The second-order valence-electron chi connectivity index (χ2n) is 12.0. The number of imide groups is 4. The van der Waals surface area contributed by atoms with E-state index in [1.807, 2.05) is 24.3 Å². The molecule has 11 heteroatoms. The topological polar surface area (TPSA) is 121 Å². The summed E-state index contributed by atoms with van der Waals surface area (Å²) in [4.78, 5) is 69.8. The summed E-state index contributed by atoms with van der Waals surface area (Å²) in [6, 6.07) is 14.2. The van der Waals surface area contributed by atoms with Crippen LogP contribution >= 0.6 is 11.6 Å². The molecule has 2 saturated heterocycles. The minimum Gasteiger partial charge on any atom is -0.508 e. The maximum Gasteiger partial charge on any atom is 0.423 e. The van der Waals surface area contributed by atoms with Gasteiger partial charge in [-0.1, -0.05) is 53.6 Å². The van der Waals surface area contributed by atoms with Gasteiger partial charge in [0.2, 0.25) is 23.6 Å². The van der Waals surface area contributed by atoms with Crippen molar-refractivity contribution in [2.75, 3.05) is 12.0 Å². The number of allylic oxidation sites excluding steroid dienone is 2. The van der Waals surface area contributed by atoms with Gasteiger partial charge in [-0.2, -0.15) is 4.90 Å². The van der Waals surface area contributed by atoms with Gasteiger partial charge in [-0.3, -0.25) is 19.2 Å². The first-order chi connectivity index (χ1) is 21.0. The molecule has 0 spiro atoms. The van der Waals surface area contributed by atoms with Gasteiger partial charge in [0, 0.05) is 11.5 Å². The van der Waals surface area contributed by atoms with Crippen molar-refractivity contribution in [3.8, 4) is 5.75 Å². The van der Waals surface area contributed by atoms with Crippen LogP contribution in [0.1, 0.15) is 31.2 Å². The van der Waals surface area contributed by atoms with Crippen molar-refractivity contribution in [1.29, 1.82) is 0 Å². The Kier molecular flexibility index (Phi) is 6.23. The van der Waals surface area contributed by atoms with E-state index >= 15 is 0 Å². The van der Waals surface area contributed by atoms with Crippen LogP contribution in [0.3, 0.4) is 0 Å². The smallest absolute Gasteiger partial charge is 0.423 e. The van der Waals surface area contributed by atoms with Crippen LogP contribution in [0.5, 0.6) is 5.75 Å². The van der Waals surface area contributed by atoms with E-state index < -0.39 is 70.5 Å². The first kappa shape index (κ1) is 28.2. The predicted molar refractivity (Wildman–Crippen MR) is 156 cm³/mol. The molecule has 2 heterocycles. The zero-order chi connectivity index (χ0) is 31.2. The molecule has 0 aromatic heterocycles. The van der Waals surface area contributed by atoms with Gasteiger partial charge in [-0.25, -0.2) is 14.1 Å². The third-order valence-electron chi connectivity index (χ3n) is 10.0. The molecule has 224 valence electrons. The monoisotopic (exact) mass is 616 g/mol. The Balaban J connectivity index is 1.46. The third-order valence-corrected chi connectivity index (χ3v) is 10.3. The summed E-state index contributed by atoms with van der Waals surface area (Å²) < 4.78 is 18.8. The molecule has 0 radical (unpaired) electrons. The maximum atomic E-state index is 14.6. The SMILES string of the molecule is COC(=O)N1C(=O)[C@H]2[C@H](CC=C3[C@H]2C[C@H]2C(=O)N(c4ccc(F)c(Cl)c4)C(=O)[C@@]2(C)[C@H]3c2c(O)ccc3ccccc23)C1=O. The second kappa shape index (κ2) is 9.72. The molecule has 7 rings (SSSR count). The fraction of sp³-hybridized carbons (Fsp3) is 0.303. The van der Waals surface area contributed by atoms with E-state index in [1.165, 1.54) is 18.2 Å². The van der Waals surface area contributed by atoms with Crippen molar-refractivity contribution in [2.24, 2.45) is 29.1 Å². The Hall–Kier alpha value is -4.57. The normalized spacial score (nSPS) is 29.5. The molecule has 4 aliphatic rings. The van der Waals surface area contributed by atoms with Crippen LogP contribution in [0.2, 0.25) is 5.02 Å². The van der Waals surface area contributed by atoms with E-state index in [9.17, 15) is 33.5 Å². The molecule has 6 atom stereocenters. The fourth-order valence-corrected chi connectivity index (χ4v) is 8.23. The van der Waals surface area contributed by atoms with Crippen LogP contribution in [0.25, 0.3) is 10.8 Å². The fourth-order valence-electron chi connectivity index (χ4n) is 8.05. The number of anilines is 1. The van der Waals surface area contributed by atoms with E-state index in [-0.39, 0.29) is 29.3 Å². The van der Waals surface area contributed by atoms with E-state index in [4.69, 9.17) is 16.3 Å². The average molecular weight is 617 g/mol. The lowest BCUT2D eigenvalue weighted by molar-refractivity contribution is -0.138. The molecular weight excluding hydrogens is 591 g/mol. The van der Waals surface area contributed by atoms with Crippen LogP contribution in [0, 0.1) is 34.9 Å². The Bertz CT molecular complexity index is 1870. The van der Waals surface area contributed by atoms with Gasteiger partial charge in [0.25, 0.3) is 0 Å². The lowest BCUT2D eigenvalue weighted by Crippen LogP contribution is -2.49. The van der Waals surface area contributed by atoms with Crippen molar-refractivity contribution in [3.05, 3.63) is 82.6 Å². The van der Waals surface area contributed by atoms with Crippen LogP contribution in [0.15, 0.2) is 66.2 Å². The number of amides is 5.